The third-order valence-corrected chi connectivity index (χ3v) is 5.45. The summed E-state index contributed by atoms with van der Waals surface area (Å²) in [4.78, 5) is 0. The Morgan fingerprint density at radius 3 is 2.61 bits per heavy atom. The summed E-state index contributed by atoms with van der Waals surface area (Å²) in [5, 5.41) is 10.4. The highest BCUT2D eigenvalue weighted by molar-refractivity contribution is 5.18. The van der Waals surface area contributed by atoms with Crippen LogP contribution in [-0.2, 0) is 4.74 Å². The summed E-state index contributed by atoms with van der Waals surface area (Å²) in [5.41, 5.74) is 1.37. The molecule has 0 bridgehead atoms. The average Bonchev–Trinajstić information content (AvgIpc) is 2.65. The Morgan fingerprint density at radius 2 is 2.06 bits per heavy atom. The van der Waals surface area contributed by atoms with Crippen LogP contribution in [0.2, 0.25) is 0 Å². The van der Waals surface area contributed by atoms with Crippen molar-refractivity contribution in [3.8, 4) is 0 Å². The molecule has 2 saturated carbocycles. The fourth-order valence-corrected chi connectivity index (χ4v) is 4.53. The summed E-state index contributed by atoms with van der Waals surface area (Å²) in [6, 6.07) is 0. The second kappa shape index (κ2) is 4.97. The summed E-state index contributed by atoms with van der Waals surface area (Å²) >= 11 is 0. The SMILES string of the molecule is C=C1CCC(O)C2(C)CCC(C(OC)C(C)C)C12. The molecule has 0 aromatic carbocycles. The lowest BCUT2D eigenvalue weighted by Gasteiger charge is -2.45. The first kappa shape index (κ1) is 14.1. The minimum atomic E-state index is -0.164. The van der Waals surface area contributed by atoms with Gasteiger partial charge in [0.05, 0.1) is 12.2 Å². The van der Waals surface area contributed by atoms with E-state index in [-0.39, 0.29) is 11.5 Å². The molecule has 2 nitrogen and oxygen atoms in total. The highest BCUT2D eigenvalue weighted by Crippen LogP contribution is 2.58. The Labute approximate surface area is 111 Å². The van der Waals surface area contributed by atoms with Gasteiger partial charge in [-0.1, -0.05) is 32.9 Å². The van der Waals surface area contributed by atoms with Gasteiger partial charge in [0.1, 0.15) is 0 Å². The number of fused-ring (bicyclic) bond motifs is 1. The van der Waals surface area contributed by atoms with E-state index in [1.54, 1.807) is 0 Å². The normalized spacial score (nSPS) is 42.1. The van der Waals surface area contributed by atoms with E-state index in [1.807, 2.05) is 7.11 Å². The molecule has 0 aromatic rings. The lowest BCUT2D eigenvalue weighted by Crippen LogP contribution is -2.44. The molecule has 2 aliphatic carbocycles. The smallest absolute Gasteiger partial charge is 0.0628 e. The number of rotatable bonds is 3. The van der Waals surface area contributed by atoms with E-state index >= 15 is 0 Å². The molecule has 104 valence electrons. The van der Waals surface area contributed by atoms with Crippen molar-refractivity contribution in [3.05, 3.63) is 12.2 Å². The Bertz CT molecular complexity index is 323. The Balaban J connectivity index is 2.28. The van der Waals surface area contributed by atoms with Gasteiger partial charge in [-0.3, -0.25) is 0 Å². The van der Waals surface area contributed by atoms with Gasteiger partial charge in [0.15, 0.2) is 0 Å². The van der Waals surface area contributed by atoms with E-state index < -0.39 is 0 Å². The Hall–Kier alpha value is -0.340. The number of aliphatic hydroxyl groups excluding tert-OH is 1. The van der Waals surface area contributed by atoms with Gasteiger partial charge in [0, 0.05) is 12.5 Å². The second-order valence-electron chi connectivity index (χ2n) is 6.84. The molecule has 0 aliphatic heterocycles. The standard InChI is InChI=1S/C16H28O2/c1-10(2)15(18-5)12-8-9-16(4)13(17)7-6-11(3)14(12)16/h10,12-15,17H,3,6-9H2,1-2,4-5H3. The zero-order valence-electron chi connectivity index (χ0n) is 12.3. The van der Waals surface area contributed by atoms with Gasteiger partial charge in [-0.2, -0.15) is 0 Å². The zero-order chi connectivity index (χ0) is 13.5. The number of methoxy groups -OCH3 is 1. The number of hydrogen-bond acceptors (Lipinski definition) is 2. The molecule has 0 spiro atoms. The van der Waals surface area contributed by atoms with E-state index in [0.29, 0.717) is 23.9 Å². The number of hydrogen-bond donors (Lipinski definition) is 1. The van der Waals surface area contributed by atoms with E-state index in [2.05, 4.69) is 27.4 Å². The molecule has 0 aromatic heterocycles. The summed E-state index contributed by atoms with van der Waals surface area (Å²) < 4.78 is 5.75. The van der Waals surface area contributed by atoms with Crippen LogP contribution < -0.4 is 0 Å². The predicted octanol–water partition coefficient (Wildman–Crippen LogP) is 3.40. The maximum Gasteiger partial charge on any atom is 0.0628 e. The van der Waals surface area contributed by atoms with Crippen LogP contribution >= 0.6 is 0 Å². The van der Waals surface area contributed by atoms with Crippen LogP contribution in [0.25, 0.3) is 0 Å². The number of allylic oxidation sites excluding steroid dienone is 1. The molecule has 2 rings (SSSR count). The van der Waals surface area contributed by atoms with Crippen LogP contribution in [0.5, 0.6) is 0 Å². The fourth-order valence-electron chi connectivity index (χ4n) is 4.53. The minimum absolute atomic E-state index is 0.0334. The Kier molecular flexibility index (Phi) is 3.89. The number of aliphatic hydroxyl groups is 1. The van der Waals surface area contributed by atoms with Crippen molar-refractivity contribution >= 4 is 0 Å². The molecule has 0 amide bonds. The lowest BCUT2D eigenvalue weighted by atomic mass is 9.62. The van der Waals surface area contributed by atoms with Crippen LogP contribution in [0.4, 0.5) is 0 Å². The first-order valence-electron chi connectivity index (χ1n) is 7.30. The third kappa shape index (κ3) is 2.04. The lowest BCUT2D eigenvalue weighted by molar-refractivity contribution is -0.0433. The van der Waals surface area contributed by atoms with Crippen LogP contribution in [0, 0.1) is 23.2 Å². The van der Waals surface area contributed by atoms with Crippen molar-refractivity contribution in [2.24, 2.45) is 23.2 Å². The summed E-state index contributed by atoms with van der Waals surface area (Å²) in [6.07, 6.45) is 4.26. The van der Waals surface area contributed by atoms with Gasteiger partial charge >= 0.3 is 0 Å². The zero-order valence-corrected chi connectivity index (χ0v) is 12.3. The summed E-state index contributed by atoms with van der Waals surface area (Å²) in [5.74, 6) is 1.49. The second-order valence-corrected chi connectivity index (χ2v) is 6.84. The molecule has 0 radical (unpaired) electrons. The maximum absolute atomic E-state index is 10.4. The molecular weight excluding hydrogens is 224 g/mol. The molecule has 0 heterocycles. The highest BCUT2D eigenvalue weighted by Gasteiger charge is 2.54. The molecule has 2 fully saturated rings. The van der Waals surface area contributed by atoms with Crippen LogP contribution in [0.1, 0.15) is 46.5 Å². The van der Waals surface area contributed by atoms with Crippen molar-refractivity contribution in [2.45, 2.75) is 58.7 Å². The van der Waals surface area contributed by atoms with E-state index in [4.69, 9.17) is 4.74 Å². The topological polar surface area (TPSA) is 29.5 Å². The third-order valence-electron chi connectivity index (χ3n) is 5.45. The molecular formula is C16H28O2. The van der Waals surface area contributed by atoms with Gasteiger partial charge in [0.25, 0.3) is 0 Å². The quantitative estimate of drug-likeness (QED) is 0.780. The highest BCUT2D eigenvalue weighted by atomic mass is 16.5. The van der Waals surface area contributed by atoms with Crippen molar-refractivity contribution < 1.29 is 9.84 Å². The van der Waals surface area contributed by atoms with Gasteiger partial charge in [-0.05, 0) is 43.4 Å². The maximum atomic E-state index is 10.4. The van der Waals surface area contributed by atoms with Gasteiger partial charge < -0.3 is 9.84 Å². The molecule has 5 unspecified atom stereocenters. The first-order valence-corrected chi connectivity index (χ1v) is 7.30. The van der Waals surface area contributed by atoms with Crippen LogP contribution in [-0.4, -0.2) is 24.4 Å². The molecule has 1 N–H and O–H groups in total. The fraction of sp³-hybridized carbons (Fsp3) is 0.875. The molecule has 18 heavy (non-hydrogen) atoms. The van der Waals surface area contributed by atoms with Gasteiger partial charge in [-0.25, -0.2) is 0 Å². The van der Waals surface area contributed by atoms with E-state index in [1.165, 1.54) is 5.57 Å². The van der Waals surface area contributed by atoms with Crippen molar-refractivity contribution in [1.82, 2.24) is 0 Å². The molecule has 5 atom stereocenters. The van der Waals surface area contributed by atoms with Gasteiger partial charge in [0.2, 0.25) is 0 Å². The molecule has 0 saturated heterocycles. The Morgan fingerprint density at radius 1 is 1.39 bits per heavy atom. The number of ether oxygens (including phenoxy) is 1. The van der Waals surface area contributed by atoms with E-state index in [9.17, 15) is 5.11 Å². The monoisotopic (exact) mass is 252 g/mol. The summed E-state index contributed by atoms with van der Waals surface area (Å²) in [7, 11) is 1.82. The van der Waals surface area contributed by atoms with E-state index in [0.717, 1.165) is 25.7 Å². The largest absolute Gasteiger partial charge is 0.393 e. The molecule has 2 aliphatic rings. The van der Waals surface area contributed by atoms with Gasteiger partial charge in [-0.15, -0.1) is 0 Å². The minimum Gasteiger partial charge on any atom is -0.393 e. The average molecular weight is 252 g/mol. The van der Waals surface area contributed by atoms with Crippen LogP contribution in [0.15, 0.2) is 12.2 Å². The van der Waals surface area contributed by atoms with Crippen molar-refractivity contribution in [3.63, 3.8) is 0 Å². The first-order chi connectivity index (χ1) is 8.41. The molecule has 2 heteroatoms. The van der Waals surface area contributed by atoms with Crippen molar-refractivity contribution in [2.75, 3.05) is 7.11 Å². The van der Waals surface area contributed by atoms with Crippen molar-refractivity contribution in [1.29, 1.82) is 0 Å². The summed E-state index contributed by atoms with van der Waals surface area (Å²) in [6.45, 7) is 11.0. The predicted molar refractivity (Wildman–Crippen MR) is 74.3 cm³/mol. The van der Waals surface area contributed by atoms with Crippen LogP contribution in [0.3, 0.4) is 0 Å².